The number of nitrogens with one attached hydrogen (secondary N) is 1. The molecule has 0 radical (unpaired) electrons. The number of anilines is 2. The minimum absolute atomic E-state index is 0.174. The summed E-state index contributed by atoms with van der Waals surface area (Å²) in [7, 11) is 0. The lowest BCUT2D eigenvalue weighted by atomic mass is 9.88. The molecule has 0 bridgehead atoms. The normalized spacial score (nSPS) is 12.0. The molecule has 0 aliphatic carbocycles. The Hall–Kier alpha value is -3.50. The Balaban J connectivity index is 1.82. The van der Waals surface area contributed by atoms with E-state index in [4.69, 9.17) is 4.74 Å². The predicted octanol–water partition coefficient (Wildman–Crippen LogP) is 4.26. The number of alkyl halides is 3. The molecule has 170 valence electrons. The van der Waals surface area contributed by atoms with Gasteiger partial charge in [-0.15, -0.1) is 5.10 Å². The van der Waals surface area contributed by atoms with Gasteiger partial charge in [0, 0.05) is 18.3 Å². The molecule has 0 atom stereocenters. The highest BCUT2D eigenvalue weighted by molar-refractivity contribution is 5.76. The van der Waals surface area contributed by atoms with Gasteiger partial charge in [0.05, 0.1) is 29.6 Å². The van der Waals surface area contributed by atoms with E-state index in [1.807, 2.05) is 13.0 Å². The number of ether oxygens (including phenoxy) is 1. The molecule has 1 aromatic carbocycles. The first-order chi connectivity index (χ1) is 15.0. The van der Waals surface area contributed by atoms with Gasteiger partial charge in [0.2, 0.25) is 5.95 Å². The van der Waals surface area contributed by atoms with Crippen LogP contribution >= 0.6 is 0 Å². The average molecular weight is 448 g/mol. The zero-order valence-electron chi connectivity index (χ0n) is 18.1. The summed E-state index contributed by atoms with van der Waals surface area (Å²) in [5.41, 5.74) is 0.751. The quantitative estimate of drug-likeness (QED) is 0.540. The van der Waals surface area contributed by atoms with Gasteiger partial charge in [-0.3, -0.25) is 4.79 Å². The minimum Gasteiger partial charge on any atom is -0.466 e. The van der Waals surface area contributed by atoms with Crippen molar-refractivity contribution in [1.82, 2.24) is 25.0 Å². The van der Waals surface area contributed by atoms with Crippen LogP contribution in [0.2, 0.25) is 0 Å². The molecule has 0 fully saturated rings. The van der Waals surface area contributed by atoms with E-state index >= 15 is 0 Å². The first-order valence-corrected chi connectivity index (χ1v) is 9.86. The summed E-state index contributed by atoms with van der Waals surface area (Å²) in [4.78, 5) is 19.5. The number of benzene rings is 1. The third kappa shape index (κ3) is 5.59. The van der Waals surface area contributed by atoms with Gasteiger partial charge in [-0.1, -0.05) is 5.21 Å². The van der Waals surface area contributed by atoms with E-state index in [9.17, 15) is 18.0 Å². The molecule has 3 aromatic rings. The standard InChI is InChI=1S/C21H23F3N6O2/c1-5-32-18(31)20(3,4)11-15-12-30(29-28-15)16-9-13(2)8-14(10-16)26-19-25-7-6-17(27-19)21(22,23)24/h6-10,12H,5,11H2,1-4H3,(H,25,26,27). The topological polar surface area (TPSA) is 94.8 Å². The summed E-state index contributed by atoms with van der Waals surface area (Å²) in [6, 6.07) is 6.08. The Morgan fingerprint density at radius 1 is 1.22 bits per heavy atom. The molecule has 3 rings (SSSR count). The molecule has 0 saturated carbocycles. The molecule has 0 aliphatic heterocycles. The second-order valence-corrected chi connectivity index (χ2v) is 7.88. The van der Waals surface area contributed by atoms with Gasteiger partial charge in [0.25, 0.3) is 0 Å². The molecule has 0 amide bonds. The molecular weight excluding hydrogens is 425 g/mol. The van der Waals surface area contributed by atoms with E-state index in [0.717, 1.165) is 17.8 Å². The number of carbonyl (C=O) groups excluding carboxylic acids is 1. The lowest BCUT2D eigenvalue weighted by Crippen LogP contribution is -2.29. The maximum absolute atomic E-state index is 12.9. The number of nitrogens with zero attached hydrogens (tertiary/aromatic N) is 5. The second kappa shape index (κ2) is 8.93. The molecule has 32 heavy (non-hydrogen) atoms. The van der Waals surface area contributed by atoms with Crippen LogP contribution in [0, 0.1) is 12.3 Å². The summed E-state index contributed by atoms with van der Waals surface area (Å²) < 4.78 is 45.3. The van der Waals surface area contributed by atoms with Crippen molar-refractivity contribution < 1.29 is 22.7 Å². The average Bonchev–Trinajstić information content (AvgIpc) is 3.15. The fraction of sp³-hybridized carbons (Fsp3) is 0.381. The smallest absolute Gasteiger partial charge is 0.433 e. The maximum atomic E-state index is 12.9. The maximum Gasteiger partial charge on any atom is 0.433 e. The van der Waals surface area contributed by atoms with Crippen LogP contribution in [0.1, 0.15) is 37.7 Å². The van der Waals surface area contributed by atoms with Crippen molar-refractivity contribution in [2.45, 2.75) is 40.3 Å². The Morgan fingerprint density at radius 3 is 2.66 bits per heavy atom. The van der Waals surface area contributed by atoms with Crippen LogP contribution in [-0.2, 0) is 22.1 Å². The Kier molecular flexibility index (Phi) is 6.47. The van der Waals surface area contributed by atoms with Crippen LogP contribution in [-0.4, -0.2) is 37.5 Å². The number of rotatable bonds is 7. The molecule has 0 spiro atoms. The van der Waals surface area contributed by atoms with Gasteiger partial charge in [-0.2, -0.15) is 13.2 Å². The van der Waals surface area contributed by atoms with Crippen LogP contribution in [0.5, 0.6) is 0 Å². The molecular formula is C21H23F3N6O2. The summed E-state index contributed by atoms with van der Waals surface area (Å²) in [5.74, 6) is -0.496. The number of halogens is 3. The lowest BCUT2D eigenvalue weighted by Gasteiger charge is -2.20. The van der Waals surface area contributed by atoms with Crippen LogP contribution in [0.3, 0.4) is 0 Å². The van der Waals surface area contributed by atoms with E-state index in [-0.39, 0.29) is 11.9 Å². The molecule has 8 nitrogen and oxygen atoms in total. The number of carbonyl (C=O) groups is 1. The highest BCUT2D eigenvalue weighted by atomic mass is 19.4. The van der Waals surface area contributed by atoms with Crippen molar-refractivity contribution in [3.8, 4) is 5.69 Å². The fourth-order valence-corrected chi connectivity index (χ4v) is 3.03. The van der Waals surface area contributed by atoms with Crippen LogP contribution in [0.4, 0.5) is 24.8 Å². The van der Waals surface area contributed by atoms with Gasteiger partial charge in [0.1, 0.15) is 5.69 Å². The largest absolute Gasteiger partial charge is 0.466 e. The summed E-state index contributed by atoms with van der Waals surface area (Å²) in [6.45, 7) is 7.42. The third-order valence-electron chi connectivity index (χ3n) is 4.52. The van der Waals surface area contributed by atoms with E-state index in [1.54, 1.807) is 39.1 Å². The summed E-state index contributed by atoms with van der Waals surface area (Å²) >= 11 is 0. The highest BCUT2D eigenvalue weighted by Gasteiger charge is 2.33. The van der Waals surface area contributed by atoms with Crippen LogP contribution in [0.25, 0.3) is 5.69 Å². The van der Waals surface area contributed by atoms with Gasteiger partial charge in [0.15, 0.2) is 0 Å². The lowest BCUT2D eigenvalue weighted by molar-refractivity contribution is -0.153. The van der Waals surface area contributed by atoms with Crippen molar-refractivity contribution in [3.63, 3.8) is 0 Å². The van der Waals surface area contributed by atoms with Crippen molar-refractivity contribution in [3.05, 3.63) is 53.6 Å². The highest BCUT2D eigenvalue weighted by Crippen LogP contribution is 2.28. The Bertz CT molecular complexity index is 1110. The van der Waals surface area contributed by atoms with Crippen molar-refractivity contribution in [2.24, 2.45) is 5.41 Å². The molecule has 0 saturated heterocycles. The van der Waals surface area contributed by atoms with Gasteiger partial charge in [-0.05, 0) is 57.5 Å². The first-order valence-electron chi connectivity index (χ1n) is 9.86. The molecule has 0 unspecified atom stereocenters. The number of aryl methyl sites for hydroxylation is 1. The monoisotopic (exact) mass is 448 g/mol. The zero-order valence-corrected chi connectivity index (χ0v) is 18.1. The number of esters is 1. The molecule has 0 aliphatic rings. The van der Waals surface area contributed by atoms with E-state index in [1.165, 1.54) is 4.68 Å². The van der Waals surface area contributed by atoms with E-state index in [0.29, 0.717) is 30.1 Å². The van der Waals surface area contributed by atoms with Crippen molar-refractivity contribution in [1.29, 1.82) is 0 Å². The molecule has 2 heterocycles. The number of aromatic nitrogens is 5. The second-order valence-electron chi connectivity index (χ2n) is 7.88. The van der Waals surface area contributed by atoms with Gasteiger partial charge < -0.3 is 10.1 Å². The summed E-state index contributed by atoms with van der Waals surface area (Å²) in [6.07, 6.45) is -1.49. The molecule has 11 heteroatoms. The van der Waals surface area contributed by atoms with Crippen LogP contribution in [0.15, 0.2) is 36.7 Å². The van der Waals surface area contributed by atoms with Crippen molar-refractivity contribution >= 4 is 17.6 Å². The summed E-state index contributed by atoms with van der Waals surface area (Å²) in [5, 5.41) is 11.1. The van der Waals surface area contributed by atoms with E-state index in [2.05, 4.69) is 25.6 Å². The fourth-order valence-electron chi connectivity index (χ4n) is 3.03. The molecule has 1 N–H and O–H groups in total. The number of hydrogen-bond donors (Lipinski definition) is 1. The Morgan fingerprint density at radius 2 is 1.97 bits per heavy atom. The zero-order chi connectivity index (χ0) is 23.5. The van der Waals surface area contributed by atoms with Crippen molar-refractivity contribution in [2.75, 3.05) is 11.9 Å². The first kappa shape index (κ1) is 23.2. The minimum atomic E-state index is -4.56. The van der Waals surface area contributed by atoms with E-state index < -0.39 is 17.3 Å². The van der Waals surface area contributed by atoms with Gasteiger partial charge in [-0.25, -0.2) is 14.6 Å². The Labute approximate surface area is 182 Å². The number of hydrogen-bond acceptors (Lipinski definition) is 7. The SMILES string of the molecule is CCOC(=O)C(C)(C)Cc1cn(-c2cc(C)cc(Nc3nccc(C(F)(F)F)n3)c2)nn1. The predicted molar refractivity (Wildman–Crippen MR) is 111 cm³/mol. The van der Waals surface area contributed by atoms with Gasteiger partial charge >= 0.3 is 12.1 Å². The van der Waals surface area contributed by atoms with Crippen LogP contribution < -0.4 is 5.32 Å². The molecule has 2 aromatic heterocycles. The third-order valence-corrected chi connectivity index (χ3v) is 4.52.